The van der Waals surface area contributed by atoms with Gasteiger partial charge in [0.25, 0.3) is 0 Å². The number of nitrogens with zero attached hydrogens (tertiary/aromatic N) is 4. The van der Waals surface area contributed by atoms with Crippen LogP contribution in [0.25, 0.3) is 0 Å². The Labute approximate surface area is 129 Å². The molecule has 0 atom stereocenters. The molecule has 0 aliphatic heterocycles. The van der Waals surface area contributed by atoms with Crippen molar-refractivity contribution in [3.63, 3.8) is 0 Å². The number of hydrogen-bond acceptors (Lipinski definition) is 4. The zero-order valence-electron chi connectivity index (χ0n) is 12.3. The Morgan fingerprint density at radius 3 is 2.14 bits per heavy atom. The van der Waals surface area contributed by atoms with E-state index >= 15 is 0 Å². The van der Waals surface area contributed by atoms with E-state index in [-0.39, 0.29) is 0 Å². The van der Waals surface area contributed by atoms with Crippen molar-refractivity contribution in [2.24, 2.45) is 5.10 Å². The van der Waals surface area contributed by atoms with Gasteiger partial charge in [-0.3, -0.25) is 4.98 Å². The van der Waals surface area contributed by atoms with Crippen LogP contribution in [0, 0.1) is 0 Å². The molecule has 0 N–H and O–H groups in total. The molecule has 22 heavy (non-hydrogen) atoms. The fourth-order valence-corrected chi connectivity index (χ4v) is 2.07. The lowest BCUT2D eigenvalue weighted by molar-refractivity contribution is 1.03. The fourth-order valence-electron chi connectivity index (χ4n) is 2.07. The summed E-state index contributed by atoms with van der Waals surface area (Å²) in [4.78, 5) is 8.74. The second kappa shape index (κ2) is 6.63. The van der Waals surface area contributed by atoms with E-state index in [1.165, 1.54) is 0 Å². The molecule has 0 aliphatic rings. The molecule has 0 saturated carbocycles. The Balaban J connectivity index is 2.03. The molecule has 0 saturated heterocycles. The van der Waals surface area contributed by atoms with Crippen LogP contribution in [0.5, 0.6) is 0 Å². The van der Waals surface area contributed by atoms with E-state index in [4.69, 9.17) is 5.10 Å². The Kier molecular flexibility index (Phi) is 4.20. The number of rotatable bonds is 4. The van der Waals surface area contributed by atoms with Crippen molar-refractivity contribution in [1.29, 1.82) is 0 Å². The van der Waals surface area contributed by atoms with E-state index in [0.717, 1.165) is 22.9 Å². The van der Waals surface area contributed by atoms with Crippen LogP contribution in [0.4, 0.5) is 11.5 Å². The molecule has 0 fully saturated rings. The van der Waals surface area contributed by atoms with Crippen LogP contribution >= 0.6 is 0 Å². The first kappa shape index (κ1) is 13.9. The molecule has 2 aromatic heterocycles. The SMILES string of the molecule is C/C(=N\N(c1ccccc1)c1ccccn1)c1ccccn1. The molecular weight excluding hydrogens is 272 g/mol. The van der Waals surface area contributed by atoms with Gasteiger partial charge < -0.3 is 0 Å². The van der Waals surface area contributed by atoms with E-state index in [0.29, 0.717) is 0 Å². The van der Waals surface area contributed by atoms with Crippen molar-refractivity contribution in [3.8, 4) is 0 Å². The van der Waals surface area contributed by atoms with Crippen LogP contribution in [0.2, 0.25) is 0 Å². The standard InChI is InChI=1S/C18H16N4/c1-15(17-11-5-7-13-19-17)21-22(16-9-3-2-4-10-16)18-12-6-8-14-20-18/h2-14H,1H3/b21-15+. The number of anilines is 2. The van der Waals surface area contributed by atoms with Crippen LogP contribution in [0.15, 0.2) is 84.2 Å². The Morgan fingerprint density at radius 2 is 1.50 bits per heavy atom. The van der Waals surface area contributed by atoms with Crippen LogP contribution in [-0.4, -0.2) is 15.7 Å². The fraction of sp³-hybridized carbons (Fsp3) is 0.0556. The quantitative estimate of drug-likeness (QED) is 0.537. The first-order chi connectivity index (χ1) is 10.8. The van der Waals surface area contributed by atoms with Crippen molar-refractivity contribution in [2.45, 2.75) is 6.92 Å². The highest BCUT2D eigenvalue weighted by Crippen LogP contribution is 2.23. The third-order valence-electron chi connectivity index (χ3n) is 3.15. The number of para-hydroxylation sites is 1. The largest absolute Gasteiger partial charge is 0.255 e. The zero-order chi connectivity index (χ0) is 15.2. The smallest absolute Gasteiger partial charge is 0.153 e. The minimum Gasteiger partial charge on any atom is -0.255 e. The number of hydrazone groups is 1. The van der Waals surface area contributed by atoms with Crippen molar-refractivity contribution >= 4 is 17.2 Å². The van der Waals surface area contributed by atoms with Gasteiger partial charge in [-0.2, -0.15) is 5.10 Å². The van der Waals surface area contributed by atoms with Gasteiger partial charge in [0.05, 0.1) is 17.1 Å². The van der Waals surface area contributed by atoms with E-state index in [1.54, 1.807) is 12.4 Å². The normalized spacial score (nSPS) is 11.2. The molecule has 1 aromatic carbocycles. The van der Waals surface area contributed by atoms with Crippen molar-refractivity contribution in [2.75, 3.05) is 5.01 Å². The Hall–Kier alpha value is -3.01. The van der Waals surface area contributed by atoms with Gasteiger partial charge in [0.2, 0.25) is 0 Å². The van der Waals surface area contributed by atoms with Crippen LogP contribution in [-0.2, 0) is 0 Å². The average molecular weight is 288 g/mol. The molecule has 108 valence electrons. The zero-order valence-corrected chi connectivity index (χ0v) is 12.3. The molecular formula is C18H16N4. The summed E-state index contributed by atoms with van der Waals surface area (Å²) in [7, 11) is 0. The lowest BCUT2D eigenvalue weighted by atomic mass is 10.2. The molecule has 4 nitrogen and oxygen atoms in total. The Morgan fingerprint density at radius 1 is 0.818 bits per heavy atom. The maximum absolute atomic E-state index is 4.71. The molecule has 0 aliphatic carbocycles. The monoisotopic (exact) mass is 288 g/mol. The predicted molar refractivity (Wildman–Crippen MR) is 89.3 cm³/mol. The second-order valence-corrected chi connectivity index (χ2v) is 4.74. The maximum atomic E-state index is 4.71. The lowest BCUT2D eigenvalue weighted by Gasteiger charge is -2.19. The van der Waals surface area contributed by atoms with Gasteiger partial charge in [-0.05, 0) is 43.3 Å². The minimum atomic E-state index is 0.768. The summed E-state index contributed by atoms with van der Waals surface area (Å²) in [5.74, 6) is 0.768. The van der Waals surface area contributed by atoms with Gasteiger partial charge in [0, 0.05) is 12.4 Å². The first-order valence-electron chi connectivity index (χ1n) is 7.07. The van der Waals surface area contributed by atoms with E-state index in [2.05, 4.69) is 9.97 Å². The molecule has 3 rings (SSSR count). The highest BCUT2D eigenvalue weighted by molar-refractivity contribution is 5.97. The summed E-state index contributed by atoms with van der Waals surface area (Å²) in [6, 6.07) is 21.5. The molecule has 0 spiro atoms. The van der Waals surface area contributed by atoms with Crippen LogP contribution in [0.1, 0.15) is 12.6 Å². The molecule has 0 amide bonds. The average Bonchev–Trinajstić information content (AvgIpc) is 2.62. The van der Waals surface area contributed by atoms with Gasteiger partial charge in [-0.1, -0.05) is 30.3 Å². The summed E-state index contributed by atoms with van der Waals surface area (Å²) >= 11 is 0. The lowest BCUT2D eigenvalue weighted by Crippen LogP contribution is -2.14. The molecule has 3 aromatic rings. The topological polar surface area (TPSA) is 41.4 Å². The third kappa shape index (κ3) is 3.17. The highest BCUT2D eigenvalue weighted by Gasteiger charge is 2.10. The van der Waals surface area contributed by atoms with Gasteiger partial charge in [0.15, 0.2) is 5.82 Å². The van der Waals surface area contributed by atoms with Crippen molar-refractivity contribution in [3.05, 3.63) is 84.8 Å². The number of hydrogen-bond donors (Lipinski definition) is 0. The highest BCUT2D eigenvalue weighted by atomic mass is 15.5. The van der Waals surface area contributed by atoms with Crippen molar-refractivity contribution in [1.82, 2.24) is 9.97 Å². The van der Waals surface area contributed by atoms with E-state index in [9.17, 15) is 0 Å². The van der Waals surface area contributed by atoms with Crippen LogP contribution < -0.4 is 5.01 Å². The molecule has 2 heterocycles. The summed E-state index contributed by atoms with van der Waals surface area (Å²) in [6.45, 7) is 1.95. The third-order valence-corrected chi connectivity index (χ3v) is 3.15. The predicted octanol–water partition coefficient (Wildman–Crippen LogP) is 4.04. The first-order valence-corrected chi connectivity index (χ1v) is 7.07. The molecule has 0 unspecified atom stereocenters. The second-order valence-electron chi connectivity index (χ2n) is 4.74. The van der Waals surface area contributed by atoms with Crippen LogP contribution in [0.3, 0.4) is 0 Å². The summed E-state index contributed by atoms with van der Waals surface area (Å²) < 4.78 is 0. The van der Waals surface area contributed by atoms with Crippen molar-refractivity contribution < 1.29 is 0 Å². The maximum Gasteiger partial charge on any atom is 0.153 e. The van der Waals surface area contributed by atoms with E-state index < -0.39 is 0 Å². The van der Waals surface area contributed by atoms with Gasteiger partial charge in [-0.15, -0.1) is 0 Å². The Bertz CT molecular complexity index is 700. The molecule has 0 radical (unpaired) electrons. The molecule has 4 heteroatoms. The molecule has 0 bridgehead atoms. The summed E-state index contributed by atoms with van der Waals surface area (Å²) in [6.07, 6.45) is 3.53. The van der Waals surface area contributed by atoms with E-state index in [1.807, 2.05) is 78.7 Å². The van der Waals surface area contributed by atoms with Gasteiger partial charge in [0.1, 0.15) is 0 Å². The summed E-state index contributed by atoms with van der Waals surface area (Å²) in [5.41, 5.74) is 2.63. The number of benzene rings is 1. The van der Waals surface area contributed by atoms with Gasteiger partial charge in [-0.25, -0.2) is 9.99 Å². The number of pyridine rings is 2. The minimum absolute atomic E-state index is 0.768. The number of aromatic nitrogens is 2. The summed E-state index contributed by atoms with van der Waals surface area (Å²) in [5, 5.41) is 6.54. The van der Waals surface area contributed by atoms with Gasteiger partial charge >= 0.3 is 0 Å².